The Morgan fingerprint density at radius 3 is 2.09 bits per heavy atom. The summed E-state index contributed by atoms with van der Waals surface area (Å²) in [7, 11) is 0. The summed E-state index contributed by atoms with van der Waals surface area (Å²) >= 11 is 6.78. The summed E-state index contributed by atoms with van der Waals surface area (Å²) in [6.07, 6.45) is 0. The van der Waals surface area contributed by atoms with Crippen LogP contribution in [0.25, 0.3) is 10.9 Å². The largest absolute Gasteiger partial charge is 0.328 e. The van der Waals surface area contributed by atoms with Gasteiger partial charge in [-0.1, -0.05) is 37.9 Å². The van der Waals surface area contributed by atoms with E-state index in [1.165, 1.54) is 4.68 Å². The number of nitrogens with zero attached hydrogens (tertiary/aromatic N) is 1. The number of aryl methyl sites for hydroxylation is 2. The van der Waals surface area contributed by atoms with E-state index in [1.807, 2.05) is 26.0 Å². The number of amides is 3. The van der Waals surface area contributed by atoms with E-state index in [-0.39, 0.29) is 5.69 Å². The van der Waals surface area contributed by atoms with Crippen molar-refractivity contribution in [1.29, 1.82) is 0 Å². The summed E-state index contributed by atoms with van der Waals surface area (Å²) in [5, 5.41) is 6.12. The van der Waals surface area contributed by atoms with E-state index in [2.05, 4.69) is 47.9 Å². The van der Waals surface area contributed by atoms with Gasteiger partial charge < -0.3 is 10.6 Å². The van der Waals surface area contributed by atoms with E-state index in [9.17, 15) is 14.4 Å². The van der Waals surface area contributed by atoms with Crippen LogP contribution in [0.4, 0.5) is 11.4 Å². The molecule has 0 radical (unpaired) electrons. The third-order valence-corrected chi connectivity index (χ3v) is 6.30. The van der Waals surface area contributed by atoms with E-state index in [4.69, 9.17) is 0 Å². The molecule has 0 aliphatic carbocycles. The Kier molecular flexibility index (Phi) is 6.85. The number of halogens is 2. The van der Waals surface area contributed by atoms with Crippen molar-refractivity contribution in [3.05, 3.63) is 92.5 Å². The molecule has 3 aromatic carbocycles. The Labute approximate surface area is 212 Å². The molecule has 34 heavy (non-hydrogen) atoms. The van der Waals surface area contributed by atoms with Gasteiger partial charge in [0.25, 0.3) is 5.91 Å². The molecule has 7 nitrogen and oxygen atoms in total. The van der Waals surface area contributed by atoms with E-state index in [1.54, 1.807) is 54.6 Å². The van der Waals surface area contributed by atoms with Crippen LogP contribution >= 0.6 is 31.9 Å². The first-order chi connectivity index (χ1) is 16.2. The van der Waals surface area contributed by atoms with E-state index in [0.29, 0.717) is 22.3 Å². The topological polar surface area (TPSA) is 92.2 Å². The molecule has 0 atom stereocenters. The molecule has 0 bridgehead atoms. The lowest BCUT2D eigenvalue weighted by atomic mass is 10.1. The summed E-state index contributed by atoms with van der Waals surface area (Å²) in [6.45, 7) is 3.88. The zero-order chi connectivity index (χ0) is 24.4. The minimum atomic E-state index is -0.906. The second-order valence-electron chi connectivity index (χ2n) is 7.72. The van der Waals surface area contributed by atoms with Crippen molar-refractivity contribution in [1.82, 2.24) is 4.68 Å². The van der Waals surface area contributed by atoms with Gasteiger partial charge in [0, 0.05) is 25.7 Å². The summed E-state index contributed by atoms with van der Waals surface area (Å²) in [6, 6.07) is 19.5. The lowest BCUT2D eigenvalue weighted by Crippen LogP contribution is -2.36. The van der Waals surface area contributed by atoms with Crippen LogP contribution in [0.15, 0.2) is 75.7 Å². The molecule has 0 saturated carbocycles. The molecular formula is C25H20Br2N4O3. The maximum Gasteiger partial charge on any atom is 0.328 e. The third-order valence-electron chi connectivity index (χ3n) is 5.28. The number of carbonyl (C=O) groups excluding carboxylic acids is 3. The SMILES string of the molecule is Cc1ccc(NC(=O)C(=O)Nn2c(C(=O)Nc3ccc(Br)cc3)cc3cc(Br)ccc32)cc1C. The quantitative estimate of drug-likeness (QED) is 0.267. The van der Waals surface area contributed by atoms with Gasteiger partial charge in [-0.3, -0.25) is 19.8 Å². The lowest BCUT2D eigenvalue weighted by molar-refractivity contribution is -0.133. The molecule has 0 spiro atoms. The summed E-state index contributed by atoms with van der Waals surface area (Å²) in [5.41, 5.74) is 6.46. The predicted molar refractivity (Wildman–Crippen MR) is 141 cm³/mol. The molecular weight excluding hydrogens is 564 g/mol. The van der Waals surface area contributed by atoms with Crippen molar-refractivity contribution >= 4 is 71.9 Å². The maximum absolute atomic E-state index is 13.1. The zero-order valence-electron chi connectivity index (χ0n) is 18.3. The number of hydrogen-bond donors (Lipinski definition) is 3. The van der Waals surface area contributed by atoms with Crippen LogP contribution in [0.3, 0.4) is 0 Å². The van der Waals surface area contributed by atoms with Gasteiger partial charge in [0.1, 0.15) is 5.69 Å². The highest BCUT2D eigenvalue weighted by molar-refractivity contribution is 9.10. The third kappa shape index (κ3) is 5.21. The van der Waals surface area contributed by atoms with Crippen molar-refractivity contribution in [2.24, 2.45) is 0 Å². The van der Waals surface area contributed by atoms with Gasteiger partial charge in [-0.05, 0) is 85.6 Å². The van der Waals surface area contributed by atoms with Gasteiger partial charge in [0.05, 0.1) is 5.52 Å². The number of carbonyl (C=O) groups is 3. The van der Waals surface area contributed by atoms with Crippen LogP contribution in [0, 0.1) is 13.8 Å². The zero-order valence-corrected chi connectivity index (χ0v) is 21.5. The molecule has 4 aromatic rings. The van der Waals surface area contributed by atoms with Crippen molar-refractivity contribution in [2.45, 2.75) is 13.8 Å². The molecule has 3 N–H and O–H groups in total. The Morgan fingerprint density at radius 1 is 0.706 bits per heavy atom. The fourth-order valence-electron chi connectivity index (χ4n) is 3.36. The van der Waals surface area contributed by atoms with E-state index >= 15 is 0 Å². The monoisotopic (exact) mass is 582 g/mol. The van der Waals surface area contributed by atoms with E-state index in [0.717, 1.165) is 20.1 Å². The van der Waals surface area contributed by atoms with Gasteiger partial charge in [0.15, 0.2) is 0 Å². The number of anilines is 2. The molecule has 4 rings (SSSR count). The Hall–Kier alpha value is -3.43. The number of nitrogens with one attached hydrogen (secondary N) is 3. The van der Waals surface area contributed by atoms with Gasteiger partial charge in [0.2, 0.25) is 0 Å². The number of hydrogen-bond acceptors (Lipinski definition) is 3. The second-order valence-corrected chi connectivity index (χ2v) is 9.55. The number of aromatic nitrogens is 1. The average Bonchev–Trinajstić information content (AvgIpc) is 3.15. The highest BCUT2D eigenvalue weighted by atomic mass is 79.9. The van der Waals surface area contributed by atoms with Crippen LogP contribution in [-0.4, -0.2) is 22.4 Å². The minimum absolute atomic E-state index is 0.170. The van der Waals surface area contributed by atoms with Crippen LogP contribution in [-0.2, 0) is 9.59 Å². The first-order valence-electron chi connectivity index (χ1n) is 10.3. The fourth-order valence-corrected chi connectivity index (χ4v) is 4.00. The summed E-state index contributed by atoms with van der Waals surface area (Å²) < 4.78 is 3.01. The molecule has 1 aromatic heterocycles. The predicted octanol–water partition coefficient (Wildman–Crippen LogP) is 5.74. The van der Waals surface area contributed by atoms with Crippen molar-refractivity contribution in [3.8, 4) is 0 Å². The van der Waals surface area contributed by atoms with Crippen LogP contribution in [0.1, 0.15) is 21.6 Å². The van der Waals surface area contributed by atoms with E-state index < -0.39 is 17.7 Å². The van der Waals surface area contributed by atoms with Gasteiger partial charge in [-0.2, -0.15) is 0 Å². The molecule has 0 unspecified atom stereocenters. The van der Waals surface area contributed by atoms with Crippen molar-refractivity contribution < 1.29 is 14.4 Å². The molecule has 172 valence electrons. The highest BCUT2D eigenvalue weighted by Gasteiger charge is 2.21. The highest BCUT2D eigenvalue weighted by Crippen LogP contribution is 2.24. The van der Waals surface area contributed by atoms with Crippen molar-refractivity contribution in [2.75, 3.05) is 16.1 Å². The smallest absolute Gasteiger partial charge is 0.321 e. The number of rotatable bonds is 4. The van der Waals surface area contributed by atoms with Crippen LogP contribution < -0.4 is 16.1 Å². The molecule has 0 fully saturated rings. The molecule has 3 amide bonds. The minimum Gasteiger partial charge on any atom is -0.321 e. The van der Waals surface area contributed by atoms with Gasteiger partial charge >= 0.3 is 11.8 Å². The fraction of sp³-hybridized carbons (Fsp3) is 0.0800. The molecule has 9 heteroatoms. The Bertz CT molecular complexity index is 1430. The van der Waals surface area contributed by atoms with Crippen LogP contribution in [0.2, 0.25) is 0 Å². The number of fused-ring (bicyclic) bond motifs is 1. The summed E-state index contributed by atoms with van der Waals surface area (Å²) in [4.78, 5) is 38.4. The van der Waals surface area contributed by atoms with Gasteiger partial charge in [-0.25, -0.2) is 4.68 Å². The van der Waals surface area contributed by atoms with Crippen molar-refractivity contribution in [3.63, 3.8) is 0 Å². The first-order valence-corrected chi connectivity index (χ1v) is 11.9. The normalized spacial score (nSPS) is 10.7. The standard InChI is InChI=1S/C25H20Br2N4O3/c1-14-3-7-20(11-15(14)2)29-24(33)25(34)30-31-21-10-6-18(27)12-16(21)13-22(31)23(32)28-19-8-4-17(26)5-9-19/h3-13H,1-2H3,(H,28,32)(H,29,33)(H,30,34). The summed E-state index contributed by atoms with van der Waals surface area (Å²) in [5.74, 6) is -2.19. The Balaban J connectivity index is 1.61. The van der Waals surface area contributed by atoms with Gasteiger partial charge in [-0.15, -0.1) is 0 Å². The second kappa shape index (κ2) is 9.82. The molecule has 1 heterocycles. The maximum atomic E-state index is 13.1. The lowest BCUT2D eigenvalue weighted by Gasteiger charge is -2.13. The molecule has 0 saturated heterocycles. The average molecular weight is 584 g/mol. The Morgan fingerprint density at radius 2 is 1.38 bits per heavy atom. The molecule has 0 aliphatic heterocycles. The molecule has 0 aliphatic rings. The number of benzene rings is 3. The first kappa shape index (κ1) is 23.7. The van der Waals surface area contributed by atoms with Crippen LogP contribution in [0.5, 0.6) is 0 Å².